The molecule has 0 aromatic heterocycles. The largest absolute Gasteiger partial charge is 0.368 e. The Bertz CT molecular complexity index is 435. The highest BCUT2D eigenvalue weighted by Gasteiger charge is 2.60. The number of rotatable bonds is 3. The Morgan fingerprint density at radius 2 is 1.95 bits per heavy atom. The summed E-state index contributed by atoms with van der Waals surface area (Å²) in [5.74, 6) is -0.754. The van der Waals surface area contributed by atoms with E-state index in [4.69, 9.17) is 5.73 Å². The molecule has 2 saturated heterocycles. The number of nitrogens with zero attached hydrogens (tertiary/aromatic N) is 2. The van der Waals surface area contributed by atoms with Gasteiger partial charge < -0.3 is 15.5 Å². The summed E-state index contributed by atoms with van der Waals surface area (Å²) >= 11 is 0. The first-order valence-electron chi connectivity index (χ1n) is 6.73. The van der Waals surface area contributed by atoms with E-state index in [1.54, 1.807) is 11.8 Å². The van der Waals surface area contributed by atoms with Gasteiger partial charge in [0, 0.05) is 12.5 Å². The second-order valence-corrected chi connectivity index (χ2v) is 5.79. The number of nitrogens with two attached hydrogens (primary N) is 1. The minimum Gasteiger partial charge on any atom is -0.368 e. The van der Waals surface area contributed by atoms with Crippen LogP contribution < -0.4 is 5.73 Å². The van der Waals surface area contributed by atoms with Gasteiger partial charge >= 0.3 is 0 Å². The van der Waals surface area contributed by atoms with E-state index in [0.717, 1.165) is 6.42 Å². The number of hydrogen-bond acceptors (Lipinski definition) is 3. The van der Waals surface area contributed by atoms with E-state index in [9.17, 15) is 14.4 Å². The van der Waals surface area contributed by atoms with Gasteiger partial charge in [-0.1, -0.05) is 13.8 Å². The summed E-state index contributed by atoms with van der Waals surface area (Å²) in [5.41, 5.74) is 4.52. The van der Waals surface area contributed by atoms with Crippen LogP contribution in [0.25, 0.3) is 0 Å². The van der Waals surface area contributed by atoms with Crippen LogP contribution in [0.1, 0.15) is 33.6 Å². The Hall–Kier alpha value is -1.59. The van der Waals surface area contributed by atoms with Gasteiger partial charge in [0.15, 0.2) is 0 Å². The Balaban J connectivity index is 2.16. The number of hydrogen-bond donors (Lipinski definition) is 1. The molecule has 1 unspecified atom stereocenters. The maximum atomic E-state index is 12.4. The van der Waals surface area contributed by atoms with E-state index >= 15 is 0 Å². The molecule has 0 aliphatic carbocycles. The SMILES string of the molecule is CC(C)C(=O)N1CCC[C@]12CN(C(C)C(N)=O)C2=O. The van der Waals surface area contributed by atoms with Crippen molar-refractivity contribution in [1.82, 2.24) is 9.80 Å². The number of primary amides is 1. The van der Waals surface area contributed by atoms with Gasteiger partial charge in [-0.25, -0.2) is 0 Å². The molecule has 0 aromatic rings. The first-order valence-corrected chi connectivity index (χ1v) is 6.73. The average Bonchev–Trinajstić information content (AvgIpc) is 2.80. The van der Waals surface area contributed by atoms with Crippen molar-refractivity contribution >= 4 is 17.7 Å². The zero-order valence-corrected chi connectivity index (χ0v) is 11.7. The van der Waals surface area contributed by atoms with Crippen LogP contribution in [-0.2, 0) is 14.4 Å². The van der Waals surface area contributed by atoms with Crippen LogP contribution in [-0.4, -0.2) is 52.2 Å². The monoisotopic (exact) mass is 267 g/mol. The van der Waals surface area contributed by atoms with Crippen LogP contribution in [0.3, 0.4) is 0 Å². The van der Waals surface area contributed by atoms with Gasteiger partial charge in [0.05, 0.1) is 6.54 Å². The maximum absolute atomic E-state index is 12.4. The molecule has 19 heavy (non-hydrogen) atoms. The molecular formula is C13H21N3O3. The van der Waals surface area contributed by atoms with Crippen LogP contribution in [0.2, 0.25) is 0 Å². The van der Waals surface area contributed by atoms with E-state index in [0.29, 0.717) is 19.5 Å². The number of carbonyl (C=O) groups is 3. The predicted octanol–water partition coefficient (Wildman–Crippen LogP) is -0.280. The number of amides is 3. The van der Waals surface area contributed by atoms with Gasteiger partial charge in [-0.05, 0) is 19.8 Å². The normalized spacial score (nSPS) is 27.9. The Labute approximate surface area is 112 Å². The van der Waals surface area contributed by atoms with Crippen LogP contribution in [0.4, 0.5) is 0 Å². The van der Waals surface area contributed by atoms with Gasteiger partial charge in [-0.2, -0.15) is 0 Å². The highest BCUT2D eigenvalue weighted by molar-refractivity contribution is 6.00. The predicted molar refractivity (Wildman–Crippen MR) is 68.9 cm³/mol. The number of carbonyl (C=O) groups excluding carboxylic acids is 3. The lowest BCUT2D eigenvalue weighted by molar-refractivity contribution is -0.173. The molecule has 3 amide bonds. The number of likely N-dealkylation sites (tertiary alicyclic amines) is 2. The van der Waals surface area contributed by atoms with E-state index in [1.165, 1.54) is 4.90 Å². The summed E-state index contributed by atoms with van der Waals surface area (Å²) in [6, 6.07) is -0.602. The molecule has 2 aliphatic rings. The van der Waals surface area contributed by atoms with Crippen molar-refractivity contribution in [2.45, 2.75) is 45.2 Å². The molecule has 2 fully saturated rings. The Kier molecular flexibility index (Phi) is 3.28. The third-order valence-corrected chi connectivity index (χ3v) is 4.22. The zero-order chi connectivity index (χ0) is 14.4. The summed E-state index contributed by atoms with van der Waals surface area (Å²) in [5, 5.41) is 0. The summed E-state index contributed by atoms with van der Waals surface area (Å²) < 4.78 is 0. The highest BCUT2D eigenvalue weighted by atomic mass is 16.2. The lowest BCUT2D eigenvalue weighted by atomic mass is 9.83. The summed E-state index contributed by atoms with van der Waals surface area (Å²) in [6.07, 6.45) is 1.52. The molecule has 6 heteroatoms. The fourth-order valence-corrected chi connectivity index (χ4v) is 2.96. The third-order valence-electron chi connectivity index (χ3n) is 4.22. The van der Waals surface area contributed by atoms with Crippen LogP contribution >= 0.6 is 0 Å². The highest BCUT2D eigenvalue weighted by Crippen LogP contribution is 2.40. The van der Waals surface area contributed by atoms with Gasteiger partial charge in [-0.3, -0.25) is 14.4 Å². The van der Waals surface area contributed by atoms with Gasteiger partial charge in [0.2, 0.25) is 11.8 Å². The number of β-lactam (4-membered cyclic amide) rings is 1. The summed E-state index contributed by atoms with van der Waals surface area (Å²) in [7, 11) is 0. The Morgan fingerprint density at radius 3 is 2.42 bits per heavy atom. The lowest BCUT2D eigenvalue weighted by Crippen LogP contribution is -2.75. The van der Waals surface area contributed by atoms with E-state index in [-0.39, 0.29) is 17.7 Å². The fraction of sp³-hybridized carbons (Fsp3) is 0.769. The van der Waals surface area contributed by atoms with E-state index in [2.05, 4.69) is 0 Å². The smallest absolute Gasteiger partial charge is 0.251 e. The zero-order valence-electron chi connectivity index (χ0n) is 11.7. The molecule has 2 heterocycles. The van der Waals surface area contributed by atoms with E-state index < -0.39 is 17.5 Å². The fourth-order valence-electron chi connectivity index (χ4n) is 2.96. The molecule has 1 spiro atoms. The van der Waals surface area contributed by atoms with Gasteiger partial charge in [0.25, 0.3) is 5.91 Å². The average molecular weight is 267 g/mol. The van der Waals surface area contributed by atoms with Crippen molar-refractivity contribution in [2.24, 2.45) is 11.7 Å². The van der Waals surface area contributed by atoms with Gasteiger partial charge in [0.1, 0.15) is 11.6 Å². The Morgan fingerprint density at radius 1 is 1.32 bits per heavy atom. The van der Waals surface area contributed by atoms with Crippen LogP contribution in [0.15, 0.2) is 0 Å². The minimum atomic E-state index is -0.703. The quantitative estimate of drug-likeness (QED) is 0.714. The standard InChI is InChI=1S/C13H21N3O3/c1-8(2)11(18)16-6-4-5-13(16)7-15(12(13)19)9(3)10(14)17/h8-9H,4-7H2,1-3H3,(H2,14,17)/t9?,13-/m1/s1. The van der Waals surface area contributed by atoms with Crippen molar-refractivity contribution in [2.75, 3.05) is 13.1 Å². The van der Waals surface area contributed by atoms with Gasteiger partial charge in [-0.15, -0.1) is 0 Å². The molecule has 0 radical (unpaired) electrons. The lowest BCUT2D eigenvalue weighted by Gasteiger charge is -2.53. The molecule has 0 saturated carbocycles. The molecule has 6 nitrogen and oxygen atoms in total. The summed E-state index contributed by atoms with van der Waals surface area (Å²) in [6.45, 7) is 6.34. The second-order valence-electron chi connectivity index (χ2n) is 5.79. The van der Waals surface area contributed by atoms with Crippen molar-refractivity contribution < 1.29 is 14.4 Å². The van der Waals surface area contributed by atoms with Crippen molar-refractivity contribution in [3.63, 3.8) is 0 Å². The van der Waals surface area contributed by atoms with Crippen molar-refractivity contribution in [3.05, 3.63) is 0 Å². The molecule has 2 atom stereocenters. The molecule has 0 bridgehead atoms. The van der Waals surface area contributed by atoms with Crippen LogP contribution in [0, 0.1) is 5.92 Å². The van der Waals surface area contributed by atoms with Crippen molar-refractivity contribution in [3.8, 4) is 0 Å². The molecular weight excluding hydrogens is 246 g/mol. The maximum Gasteiger partial charge on any atom is 0.251 e. The molecule has 0 aromatic carbocycles. The second kappa shape index (κ2) is 4.51. The van der Waals surface area contributed by atoms with E-state index in [1.807, 2.05) is 13.8 Å². The third kappa shape index (κ3) is 1.89. The van der Waals surface area contributed by atoms with Crippen LogP contribution in [0.5, 0.6) is 0 Å². The summed E-state index contributed by atoms with van der Waals surface area (Å²) in [4.78, 5) is 38.9. The molecule has 2 rings (SSSR count). The van der Waals surface area contributed by atoms with Crippen molar-refractivity contribution in [1.29, 1.82) is 0 Å². The first kappa shape index (κ1) is 13.8. The molecule has 106 valence electrons. The minimum absolute atomic E-state index is 0.0113. The topological polar surface area (TPSA) is 83.7 Å². The molecule has 2 N–H and O–H groups in total. The first-order chi connectivity index (χ1) is 8.81. The molecule has 2 aliphatic heterocycles.